The standard InChI is InChI=1S/C24H26FN5O5S/c1-16-23(17(2)29(27-16)15-18-4-3-5-20(25)14-18)26-24(31)19-10-12-28(13-11-19)36(34,35)22-8-6-21(7-9-22)30(32)33/h3-9,14,19H,10-13,15H2,1-2H3,(H,26,31). The second-order valence-electron chi connectivity index (χ2n) is 8.75. The SMILES string of the molecule is Cc1nn(Cc2cccc(F)c2)c(C)c1NC(=O)C1CCN(S(=O)(=O)c2ccc([N+](=O)[O-])cc2)CC1. The Morgan fingerprint density at radius 2 is 1.83 bits per heavy atom. The largest absolute Gasteiger partial charge is 0.323 e. The fourth-order valence-electron chi connectivity index (χ4n) is 4.31. The molecular weight excluding hydrogens is 489 g/mol. The third-order valence-corrected chi connectivity index (χ3v) is 8.27. The van der Waals surface area contributed by atoms with E-state index in [4.69, 9.17) is 0 Å². The number of aromatic nitrogens is 2. The van der Waals surface area contributed by atoms with Crippen molar-refractivity contribution >= 4 is 27.3 Å². The number of piperidine rings is 1. The maximum Gasteiger partial charge on any atom is 0.269 e. The van der Waals surface area contributed by atoms with Crippen molar-refractivity contribution in [1.29, 1.82) is 0 Å². The number of nitro groups is 1. The van der Waals surface area contributed by atoms with Crippen molar-refractivity contribution < 1.29 is 22.5 Å². The summed E-state index contributed by atoms with van der Waals surface area (Å²) in [5.41, 5.74) is 2.53. The summed E-state index contributed by atoms with van der Waals surface area (Å²) in [6, 6.07) is 11.0. The van der Waals surface area contributed by atoms with Crippen LogP contribution in [0.25, 0.3) is 0 Å². The van der Waals surface area contributed by atoms with Crippen LogP contribution in [0.4, 0.5) is 15.8 Å². The fourth-order valence-corrected chi connectivity index (χ4v) is 5.78. The van der Waals surface area contributed by atoms with Crippen molar-refractivity contribution in [3.8, 4) is 0 Å². The number of rotatable bonds is 7. The van der Waals surface area contributed by atoms with Crippen molar-refractivity contribution in [2.75, 3.05) is 18.4 Å². The van der Waals surface area contributed by atoms with Crippen LogP contribution in [0.15, 0.2) is 53.4 Å². The molecule has 0 aliphatic carbocycles. The van der Waals surface area contributed by atoms with Crippen LogP contribution in [0.2, 0.25) is 0 Å². The number of amides is 1. The Balaban J connectivity index is 1.39. The molecule has 1 amide bonds. The van der Waals surface area contributed by atoms with Gasteiger partial charge in [-0.3, -0.25) is 19.6 Å². The molecule has 0 atom stereocenters. The van der Waals surface area contributed by atoms with E-state index in [1.165, 1.54) is 28.6 Å². The number of aryl methyl sites for hydroxylation is 1. The molecule has 10 nitrogen and oxygen atoms in total. The lowest BCUT2D eigenvalue weighted by atomic mass is 9.97. The predicted molar refractivity (Wildman–Crippen MR) is 130 cm³/mol. The first-order valence-corrected chi connectivity index (χ1v) is 12.8. The lowest BCUT2D eigenvalue weighted by Gasteiger charge is -2.30. The van der Waals surface area contributed by atoms with E-state index in [1.54, 1.807) is 23.7 Å². The highest BCUT2D eigenvalue weighted by Crippen LogP contribution is 2.27. The molecule has 0 spiro atoms. The molecule has 4 rings (SSSR count). The number of nitro benzene ring substituents is 1. The van der Waals surface area contributed by atoms with Gasteiger partial charge in [0.1, 0.15) is 5.82 Å². The molecule has 1 aliphatic rings. The predicted octanol–water partition coefficient (Wildman–Crippen LogP) is 3.63. The number of sulfonamides is 1. The quantitative estimate of drug-likeness (QED) is 0.378. The molecular formula is C24H26FN5O5S. The number of carbonyl (C=O) groups is 1. The minimum atomic E-state index is -3.82. The zero-order chi connectivity index (χ0) is 26.0. The van der Waals surface area contributed by atoms with Gasteiger partial charge in [-0.15, -0.1) is 0 Å². The van der Waals surface area contributed by atoms with Crippen LogP contribution in [0.1, 0.15) is 29.8 Å². The van der Waals surface area contributed by atoms with Gasteiger partial charge < -0.3 is 5.32 Å². The van der Waals surface area contributed by atoms with E-state index >= 15 is 0 Å². The number of halogens is 1. The maximum atomic E-state index is 13.5. The highest BCUT2D eigenvalue weighted by molar-refractivity contribution is 7.89. The molecule has 0 saturated carbocycles. The molecule has 3 aromatic rings. The number of carbonyl (C=O) groups excluding carboxylic acids is 1. The fraction of sp³-hybridized carbons (Fsp3) is 0.333. The zero-order valence-corrected chi connectivity index (χ0v) is 20.7. The number of nitrogens with one attached hydrogen (secondary N) is 1. The Bertz CT molecular complexity index is 1400. The number of hydrogen-bond donors (Lipinski definition) is 1. The summed E-state index contributed by atoms with van der Waals surface area (Å²) in [6.07, 6.45) is 0.682. The third kappa shape index (κ3) is 5.29. The molecule has 0 bridgehead atoms. The summed E-state index contributed by atoms with van der Waals surface area (Å²) < 4.78 is 42.4. The van der Waals surface area contributed by atoms with E-state index in [-0.39, 0.29) is 41.3 Å². The van der Waals surface area contributed by atoms with Gasteiger partial charge in [-0.1, -0.05) is 12.1 Å². The van der Waals surface area contributed by atoms with Gasteiger partial charge in [-0.05, 0) is 56.5 Å². The topological polar surface area (TPSA) is 127 Å². The first-order chi connectivity index (χ1) is 17.1. The van der Waals surface area contributed by atoms with Crippen LogP contribution in [-0.2, 0) is 21.4 Å². The number of benzene rings is 2. The average molecular weight is 516 g/mol. The molecule has 190 valence electrons. The summed E-state index contributed by atoms with van der Waals surface area (Å²) in [5.74, 6) is -0.915. The van der Waals surface area contributed by atoms with Crippen molar-refractivity contribution in [1.82, 2.24) is 14.1 Å². The van der Waals surface area contributed by atoms with Gasteiger partial charge in [0, 0.05) is 31.1 Å². The molecule has 1 fully saturated rings. The van der Waals surface area contributed by atoms with E-state index in [0.29, 0.717) is 30.8 Å². The van der Waals surface area contributed by atoms with Gasteiger partial charge in [-0.25, -0.2) is 12.8 Å². The van der Waals surface area contributed by atoms with Crippen molar-refractivity contribution in [3.05, 3.63) is 81.4 Å². The molecule has 2 heterocycles. The van der Waals surface area contributed by atoms with Gasteiger partial charge in [0.05, 0.1) is 33.4 Å². The van der Waals surface area contributed by atoms with Crippen molar-refractivity contribution in [2.24, 2.45) is 5.92 Å². The maximum absolute atomic E-state index is 13.5. The van der Waals surface area contributed by atoms with Gasteiger partial charge >= 0.3 is 0 Å². The van der Waals surface area contributed by atoms with Crippen LogP contribution in [-0.4, -0.2) is 46.4 Å². The van der Waals surface area contributed by atoms with E-state index in [2.05, 4.69) is 10.4 Å². The molecule has 1 N–H and O–H groups in total. The highest BCUT2D eigenvalue weighted by Gasteiger charge is 2.33. The second kappa shape index (κ2) is 10.2. The number of anilines is 1. The molecule has 1 saturated heterocycles. The van der Waals surface area contributed by atoms with E-state index < -0.39 is 14.9 Å². The molecule has 1 aliphatic heterocycles. The van der Waals surface area contributed by atoms with Crippen molar-refractivity contribution in [3.63, 3.8) is 0 Å². The number of hydrogen-bond acceptors (Lipinski definition) is 6. The molecule has 1 aromatic heterocycles. The van der Waals surface area contributed by atoms with E-state index in [0.717, 1.165) is 23.4 Å². The Morgan fingerprint density at radius 3 is 2.44 bits per heavy atom. The summed E-state index contributed by atoms with van der Waals surface area (Å²) in [7, 11) is -3.82. The Morgan fingerprint density at radius 1 is 1.17 bits per heavy atom. The minimum absolute atomic E-state index is 0.0204. The molecule has 0 radical (unpaired) electrons. The Labute approximate surface area is 207 Å². The smallest absolute Gasteiger partial charge is 0.269 e. The first kappa shape index (κ1) is 25.5. The van der Waals surface area contributed by atoms with Gasteiger partial charge in [0.2, 0.25) is 15.9 Å². The first-order valence-electron chi connectivity index (χ1n) is 11.4. The number of nitrogens with zero attached hydrogens (tertiary/aromatic N) is 4. The summed E-state index contributed by atoms with van der Waals surface area (Å²) in [6.45, 7) is 4.29. The third-order valence-electron chi connectivity index (χ3n) is 6.36. The highest BCUT2D eigenvalue weighted by atomic mass is 32.2. The van der Waals surface area contributed by atoms with Crippen molar-refractivity contribution in [2.45, 2.75) is 38.1 Å². The monoisotopic (exact) mass is 515 g/mol. The van der Waals surface area contributed by atoms with Crippen LogP contribution in [0.3, 0.4) is 0 Å². The van der Waals surface area contributed by atoms with Gasteiger partial charge in [0.15, 0.2) is 0 Å². The zero-order valence-electron chi connectivity index (χ0n) is 19.8. The summed E-state index contributed by atoms with van der Waals surface area (Å²) in [5, 5.41) is 18.2. The van der Waals surface area contributed by atoms with Gasteiger partial charge in [-0.2, -0.15) is 9.40 Å². The van der Waals surface area contributed by atoms with Crippen LogP contribution in [0, 0.1) is 35.7 Å². The number of non-ortho nitro benzene ring substituents is 1. The lowest BCUT2D eigenvalue weighted by Crippen LogP contribution is -2.41. The van der Waals surface area contributed by atoms with Crippen LogP contribution < -0.4 is 5.32 Å². The van der Waals surface area contributed by atoms with Gasteiger partial charge in [0.25, 0.3) is 5.69 Å². The van der Waals surface area contributed by atoms with Crippen LogP contribution in [0.5, 0.6) is 0 Å². The normalized spacial score (nSPS) is 15.1. The molecule has 12 heteroatoms. The molecule has 2 aromatic carbocycles. The van der Waals surface area contributed by atoms with E-state index in [9.17, 15) is 27.7 Å². The summed E-state index contributed by atoms with van der Waals surface area (Å²) >= 11 is 0. The minimum Gasteiger partial charge on any atom is -0.323 e. The Hall–Kier alpha value is -3.64. The van der Waals surface area contributed by atoms with Crippen LogP contribution >= 0.6 is 0 Å². The summed E-state index contributed by atoms with van der Waals surface area (Å²) in [4.78, 5) is 23.2. The Kier molecular flexibility index (Phi) is 7.18. The molecule has 0 unspecified atom stereocenters. The molecule has 36 heavy (non-hydrogen) atoms. The second-order valence-corrected chi connectivity index (χ2v) is 10.7. The van der Waals surface area contributed by atoms with E-state index in [1.807, 2.05) is 6.92 Å². The average Bonchev–Trinajstić information content (AvgIpc) is 3.11. The lowest BCUT2D eigenvalue weighted by molar-refractivity contribution is -0.384.